The van der Waals surface area contributed by atoms with Gasteiger partial charge in [-0.1, -0.05) is 72.8 Å². The van der Waals surface area contributed by atoms with Crippen LogP contribution in [-0.2, 0) is 27.5 Å². The maximum absolute atomic E-state index is 12.9. The number of benzene rings is 4. The summed E-state index contributed by atoms with van der Waals surface area (Å²) in [5.74, 6) is -0.211. The predicted octanol–water partition coefficient (Wildman–Crippen LogP) is 6.08. The van der Waals surface area contributed by atoms with Crippen LogP contribution in [0.4, 0.5) is 10.5 Å². The number of hydrogen-bond donors (Lipinski definition) is 3. The number of alkyl carbamates (subject to hydrolysis) is 1. The van der Waals surface area contributed by atoms with Gasteiger partial charge >= 0.3 is 12.1 Å². The quantitative estimate of drug-likeness (QED) is 0.119. The minimum atomic E-state index is -0.751. The maximum atomic E-state index is 12.9. The first kappa shape index (κ1) is 31.8. The highest BCUT2D eigenvalue weighted by molar-refractivity contribution is 6.00. The molecule has 0 aliphatic carbocycles. The molecule has 0 spiro atoms. The Morgan fingerprint density at radius 1 is 0.795 bits per heavy atom. The maximum Gasteiger partial charge on any atom is 0.407 e. The normalized spacial score (nSPS) is 11.2. The van der Waals surface area contributed by atoms with Gasteiger partial charge in [0.05, 0.1) is 18.7 Å². The van der Waals surface area contributed by atoms with Crippen molar-refractivity contribution in [3.8, 4) is 16.9 Å². The van der Waals surface area contributed by atoms with Gasteiger partial charge in [0.2, 0.25) is 5.91 Å². The van der Waals surface area contributed by atoms with E-state index in [2.05, 4.69) is 10.6 Å². The van der Waals surface area contributed by atoms with Crippen LogP contribution in [-0.4, -0.2) is 37.7 Å². The molecule has 228 valence electrons. The third-order valence-corrected chi connectivity index (χ3v) is 6.85. The first-order chi connectivity index (χ1) is 21.4. The molecule has 0 aliphatic heterocycles. The highest BCUT2D eigenvalue weighted by Crippen LogP contribution is 2.30. The molecule has 1 atom stereocenters. The first-order valence-electron chi connectivity index (χ1n) is 14.4. The van der Waals surface area contributed by atoms with Crippen LogP contribution >= 0.6 is 0 Å². The number of esters is 1. The van der Waals surface area contributed by atoms with E-state index in [0.717, 1.165) is 16.7 Å². The Balaban J connectivity index is 1.30. The van der Waals surface area contributed by atoms with Crippen molar-refractivity contribution in [3.63, 3.8) is 0 Å². The molecule has 0 saturated heterocycles. The van der Waals surface area contributed by atoms with Gasteiger partial charge in [-0.2, -0.15) is 0 Å². The van der Waals surface area contributed by atoms with Crippen LogP contribution < -0.4 is 21.1 Å². The van der Waals surface area contributed by atoms with Crippen molar-refractivity contribution in [3.05, 3.63) is 120 Å². The van der Waals surface area contributed by atoms with E-state index in [-0.39, 0.29) is 12.5 Å². The molecule has 0 bridgehead atoms. The van der Waals surface area contributed by atoms with E-state index in [0.29, 0.717) is 55.0 Å². The number of carbonyl (C=O) groups excluding carboxylic acids is 3. The number of unbranched alkanes of at least 4 members (excludes halogenated alkanes) is 1. The second-order valence-electron chi connectivity index (χ2n) is 10.1. The minimum absolute atomic E-state index is 0.202. The van der Waals surface area contributed by atoms with Crippen LogP contribution in [0.25, 0.3) is 11.1 Å². The van der Waals surface area contributed by atoms with Gasteiger partial charge in [0.25, 0.3) is 0 Å². The number of ether oxygens (including phenoxy) is 3. The van der Waals surface area contributed by atoms with E-state index >= 15 is 0 Å². The summed E-state index contributed by atoms with van der Waals surface area (Å²) in [6, 6.07) is 30.9. The zero-order valence-corrected chi connectivity index (χ0v) is 24.7. The second-order valence-corrected chi connectivity index (χ2v) is 10.1. The average molecular weight is 596 g/mol. The molecular formula is C35H37N3O6. The van der Waals surface area contributed by atoms with Gasteiger partial charge in [0.15, 0.2) is 0 Å². The van der Waals surface area contributed by atoms with E-state index in [1.165, 1.54) is 7.11 Å². The molecule has 44 heavy (non-hydrogen) atoms. The summed E-state index contributed by atoms with van der Waals surface area (Å²) >= 11 is 0. The molecular weight excluding hydrogens is 558 g/mol. The fraction of sp³-hybridized carbons (Fsp3) is 0.229. The van der Waals surface area contributed by atoms with Crippen LogP contribution in [0.2, 0.25) is 0 Å². The van der Waals surface area contributed by atoms with E-state index < -0.39 is 18.1 Å². The number of hydrogen-bond acceptors (Lipinski definition) is 7. The van der Waals surface area contributed by atoms with Gasteiger partial charge in [-0.3, -0.25) is 4.79 Å². The highest BCUT2D eigenvalue weighted by atomic mass is 16.5. The number of carbonyl (C=O) groups is 3. The summed E-state index contributed by atoms with van der Waals surface area (Å²) in [6.07, 6.45) is 1.22. The van der Waals surface area contributed by atoms with Crippen molar-refractivity contribution < 1.29 is 28.6 Å². The first-order valence-corrected chi connectivity index (χ1v) is 14.4. The molecule has 4 aromatic rings. The lowest BCUT2D eigenvalue weighted by Gasteiger charge is -2.15. The Hall–Kier alpha value is -5.15. The summed E-state index contributed by atoms with van der Waals surface area (Å²) < 4.78 is 16.2. The van der Waals surface area contributed by atoms with Crippen molar-refractivity contribution in [2.75, 3.05) is 19.0 Å². The molecule has 9 heteroatoms. The third-order valence-electron chi connectivity index (χ3n) is 6.85. The molecule has 0 radical (unpaired) electrons. The Kier molecular flexibility index (Phi) is 11.9. The summed E-state index contributed by atoms with van der Waals surface area (Å²) in [4.78, 5) is 37.3. The lowest BCUT2D eigenvalue weighted by atomic mass is 9.98. The van der Waals surface area contributed by atoms with Crippen LogP contribution in [0, 0.1) is 0 Å². The minimum Gasteiger partial charge on any atom is -0.489 e. The largest absolute Gasteiger partial charge is 0.489 e. The Labute approximate surface area is 257 Å². The number of nitrogens with two attached hydrogens (primary N) is 1. The zero-order valence-electron chi connectivity index (χ0n) is 24.7. The molecule has 4 rings (SSSR count). The van der Waals surface area contributed by atoms with Gasteiger partial charge in [0.1, 0.15) is 19.0 Å². The van der Waals surface area contributed by atoms with E-state index in [9.17, 15) is 14.4 Å². The molecule has 0 heterocycles. The van der Waals surface area contributed by atoms with Gasteiger partial charge in [0, 0.05) is 12.2 Å². The van der Waals surface area contributed by atoms with Crippen molar-refractivity contribution in [2.45, 2.75) is 38.5 Å². The van der Waals surface area contributed by atoms with E-state index in [1.807, 2.05) is 84.9 Å². The number of methoxy groups -OCH3 is 1. The van der Waals surface area contributed by atoms with Gasteiger partial charge in [-0.25, -0.2) is 9.59 Å². The molecule has 4 N–H and O–H groups in total. The second kappa shape index (κ2) is 16.5. The molecule has 9 nitrogen and oxygen atoms in total. The van der Waals surface area contributed by atoms with Crippen molar-refractivity contribution in [1.82, 2.24) is 5.32 Å². The van der Waals surface area contributed by atoms with Gasteiger partial charge < -0.3 is 30.6 Å². The van der Waals surface area contributed by atoms with Crippen molar-refractivity contribution in [2.24, 2.45) is 5.73 Å². The van der Waals surface area contributed by atoms with Crippen LogP contribution in [0.15, 0.2) is 103 Å². The smallest absolute Gasteiger partial charge is 0.407 e. The standard InChI is InChI=1S/C35H37N3O6/c1-42-34(40)30-19-18-28(22-31(30)27-15-10-16-29(21-27)43-23-25-11-4-2-5-12-25)38-33(39)32(36)17-8-9-20-37-35(41)44-24-26-13-6-3-7-14-26/h2-7,10-16,18-19,21-22,32H,8-9,17,20,23-24,36H2,1H3,(H,37,41)(H,38,39)/t32-/m0/s1. The van der Waals surface area contributed by atoms with E-state index in [4.69, 9.17) is 19.9 Å². The Morgan fingerprint density at radius 3 is 2.20 bits per heavy atom. The lowest BCUT2D eigenvalue weighted by molar-refractivity contribution is -0.117. The average Bonchev–Trinajstić information content (AvgIpc) is 3.06. The van der Waals surface area contributed by atoms with Crippen LogP contribution in [0.1, 0.15) is 40.7 Å². The van der Waals surface area contributed by atoms with Gasteiger partial charge in [-0.05, 0) is 71.8 Å². The summed E-state index contributed by atoms with van der Waals surface area (Å²) in [5, 5.41) is 5.56. The zero-order chi connectivity index (χ0) is 31.1. The van der Waals surface area contributed by atoms with Gasteiger partial charge in [-0.15, -0.1) is 0 Å². The molecule has 2 amide bonds. The fourth-order valence-electron chi connectivity index (χ4n) is 4.46. The highest BCUT2D eigenvalue weighted by Gasteiger charge is 2.18. The van der Waals surface area contributed by atoms with Crippen LogP contribution in [0.3, 0.4) is 0 Å². The number of anilines is 1. The van der Waals surface area contributed by atoms with Crippen molar-refractivity contribution >= 4 is 23.7 Å². The van der Waals surface area contributed by atoms with Crippen molar-refractivity contribution in [1.29, 1.82) is 0 Å². The Bertz CT molecular complexity index is 1530. The van der Waals surface area contributed by atoms with E-state index in [1.54, 1.807) is 18.2 Å². The topological polar surface area (TPSA) is 129 Å². The summed E-state index contributed by atoms with van der Waals surface area (Å²) in [5.41, 5.74) is 10.3. The number of nitrogens with one attached hydrogen (secondary N) is 2. The number of rotatable bonds is 14. The molecule has 0 saturated carbocycles. The molecule has 0 aromatic heterocycles. The lowest BCUT2D eigenvalue weighted by Crippen LogP contribution is -2.35. The fourth-order valence-corrected chi connectivity index (χ4v) is 4.46. The summed E-state index contributed by atoms with van der Waals surface area (Å²) in [6.45, 7) is 1.01. The summed E-state index contributed by atoms with van der Waals surface area (Å²) in [7, 11) is 1.32. The Morgan fingerprint density at radius 2 is 1.50 bits per heavy atom. The molecule has 0 fully saturated rings. The molecule has 0 unspecified atom stereocenters. The van der Waals surface area contributed by atoms with Crippen LogP contribution in [0.5, 0.6) is 5.75 Å². The monoisotopic (exact) mass is 595 g/mol. The predicted molar refractivity (Wildman–Crippen MR) is 169 cm³/mol. The SMILES string of the molecule is COC(=O)c1ccc(NC(=O)[C@@H](N)CCCCNC(=O)OCc2ccccc2)cc1-c1cccc(OCc2ccccc2)c1. The molecule has 4 aromatic carbocycles. The number of amides is 2. The third kappa shape index (κ3) is 9.71. The molecule has 0 aliphatic rings.